The zero-order chi connectivity index (χ0) is 20.5. The van der Waals surface area contributed by atoms with Crippen molar-refractivity contribution in [2.24, 2.45) is 4.99 Å². The minimum atomic E-state index is -0.130. The third kappa shape index (κ3) is 3.96. The molecule has 2 atom stereocenters. The molecule has 2 unspecified atom stereocenters. The van der Waals surface area contributed by atoms with Gasteiger partial charge in [-0.05, 0) is 61.6 Å². The second-order valence-electron chi connectivity index (χ2n) is 8.90. The Morgan fingerprint density at radius 2 is 1.87 bits per heavy atom. The van der Waals surface area contributed by atoms with Crippen LogP contribution in [0, 0.1) is 0 Å². The number of carbonyl (C=O) groups excluding carboxylic acids is 2. The predicted molar refractivity (Wildman–Crippen MR) is 118 cm³/mol. The fraction of sp³-hybridized carbons (Fsp3) is 0.480. The summed E-state index contributed by atoms with van der Waals surface area (Å²) in [7, 11) is 0. The Hall–Kier alpha value is -2.37. The van der Waals surface area contributed by atoms with Gasteiger partial charge in [0.2, 0.25) is 5.78 Å². The van der Waals surface area contributed by atoms with E-state index in [0.29, 0.717) is 24.2 Å². The molecule has 0 radical (unpaired) electrons. The lowest BCUT2D eigenvalue weighted by atomic mass is 9.81. The second kappa shape index (κ2) is 8.40. The molecule has 5 heteroatoms. The summed E-state index contributed by atoms with van der Waals surface area (Å²) in [6.07, 6.45) is 9.99. The molecule has 0 spiro atoms. The maximum Gasteiger partial charge on any atom is 0.208 e. The van der Waals surface area contributed by atoms with Gasteiger partial charge in [0, 0.05) is 31.1 Å². The van der Waals surface area contributed by atoms with Crippen molar-refractivity contribution in [1.29, 1.82) is 0 Å². The first-order chi connectivity index (χ1) is 14.7. The summed E-state index contributed by atoms with van der Waals surface area (Å²) in [6, 6.07) is 8.09. The van der Waals surface area contributed by atoms with Gasteiger partial charge in [-0.2, -0.15) is 0 Å². The van der Waals surface area contributed by atoms with Crippen molar-refractivity contribution >= 4 is 17.3 Å². The van der Waals surface area contributed by atoms with Crippen LogP contribution in [-0.4, -0.2) is 53.9 Å². The Labute approximate surface area is 177 Å². The highest BCUT2D eigenvalue weighted by Gasteiger charge is 2.36. The molecule has 3 aliphatic heterocycles. The highest BCUT2D eigenvalue weighted by Crippen LogP contribution is 2.30. The van der Waals surface area contributed by atoms with E-state index in [-0.39, 0.29) is 23.7 Å². The van der Waals surface area contributed by atoms with Crippen LogP contribution in [0.15, 0.2) is 52.6 Å². The third-order valence-electron chi connectivity index (χ3n) is 6.76. The average molecular weight is 404 g/mol. The first-order valence-electron chi connectivity index (χ1n) is 11.3. The van der Waals surface area contributed by atoms with E-state index in [2.05, 4.69) is 33.4 Å². The normalized spacial score (nSPS) is 26.8. The maximum atomic E-state index is 13.3. The molecule has 0 aromatic heterocycles. The first kappa shape index (κ1) is 19.6. The van der Waals surface area contributed by atoms with Crippen LogP contribution in [0.5, 0.6) is 0 Å². The van der Waals surface area contributed by atoms with E-state index in [1.54, 1.807) is 6.08 Å². The largest absolute Gasteiger partial charge is 0.299 e. The molecule has 5 rings (SSSR count). The molecule has 0 amide bonds. The molecule has 0 saturated carbocycles. The van der Waals surface area contributed by atoms with Crippen molar-refractivity contribution < 1.29 is 9.59 Å². The van der Waals surface area contributed by atoms with Crippen LogP contribution < -0.4 is 5.32 Å². The van der Waals surface area contributed by atoms with Gasteiger partial charge in [-0.15, -0.1) is 0 Å². The van der Waals surface area contributed by atoms with E-state index in [1.165, 1.54) is 43.5 Å². The van der Waals surface area contributed by atoms with Crippen LogP contribution in [0.3, 0.4) is 0 Å². The summed E-state index contributed by atoms with van der Waals surface area (Å²) in [4.78, 5) is 32.2. The van der Waals surface area contributed by atoms with Crippen molar-refractivity contribution in [1.82, 2.24) is 10.2 Å². The molecule has 1 N–H and O–H groups in total. The number of hydrogen-bond donors (Lipinski definition) is 1. The Kier molecular flexibility index (Phi) is 5.48. The smallest absolute Gasteiger partial charge is 0.208 e. The van der Waals surface area contributed by atoms with Crippen molar-refractivity contribution in [2.75, 3.05) is 19.6 Å². The summed E-state index contributed by atoms with van der Waals surface area (Å²) in [5, 5.41) is 3.60. The van der Waals surface area contributed by atoms with Gasteiger partial charge >= 0.3 is 0 Å². The minimum Gasteiger partial charge on any atom is -0.299 e. The van der Waals surface area contributed by atoms with Crippen LogP contribution in [0.25, 0.3) is 0 Å². The number of fused-ring (bicyclic) bond motifs is 2. The van der Waals surface area contributed by atoms with Crippen molar-refractivity contribution in [3.63, 3.8) is 0 Å². The molecular formula is C25H29N3O2. The molecule has 5 nitrogen and oxygen atoms in total. The van der Waals surface area contributed by atoms with Gasteiger partial charge < -0.3 is 0 Å². The Balaban J connectivity index is 1.32. The van der Waals surface area contributed by atoms with Crippen molar-refractivity contribution in [3.05, 3.63) is 58.7 Å². The molecule has 3 heterocycles. The minimum absolute atomic E-state index is 0.0157. The number of nitrogens with one attached hydrogen (secondary N) is 1. The van der Waals surface area contributed by atoms with Crippen molar-refractivity contribution in [3.8, 4) is 0 Å². The lowest BCUT2D eigenvalue weighted by molar-refractivity contribution is -0.115. The number of benzene rings is 1. The molecule has 1 saturated heterocycles. The zero-order valence-electron chi connectivity index (χ0n) is 17.4. The van der Waals surface area contributed by atoms with Crippen LogP contribution in [0.2, 0.25) is 0 Å². The number of rotatable bonds is 4. The number of piperidine rings is 1. The number of Topliss-reactive ketones (excluding diaryl/α,β-unsaturated/α-hetero) is 1. The standard InChI is InChI=1S/C25H29N3O2/c29-21-8-9-22-20(15-21)14-19-10-11-26-24(23(19)27-22)25(30)18-6-4-17(5-7-18)16-28-12-2-1-3-13-28/h4-7,14-15,22-23,27H,1-3,8-13,16H2. The van der Waals surface area contributed by atoms with E-state index in [0.717, 1.165) is 25.0 Å². The second-order valence-corrected chi connectivity index (χ2v) is 8.90. The van der Waals surface area contributed by atoms with Crippen LogP contribution in [0.4, 0.5) is 0 Å². The monoisotopic (exact) mass is 403 g/mol. The number of aliphatic imine (C=N–C) groups is 1. The summed E-state index contributed by atoms with van der Waals surface area (Å²) in [5.74, 6) is 0.214. The molecule has 1 aromatic rings. The topological polar surface area (TPSA) is 61.8 Å². The van der Waals surface area contributed by atoms with E-state index in [4.69, 9.17) is 0 Å². The summed E-state index contributed by atoms with van der Waals surface area (Å²) >= 11 is 0. The van der Waals surface area contributed by atoms with Gasteiger partial charge in [-0.1, -0.05) is 36.8 Å². The first-order valence-corrected chi connectivity index (χ1v) is 11.3. The predicted octanol–water partition coefficient (Wildman–Crippen LogP) is 3.26. The van der Waals surface area contributed by atoms with Crippen molar-refractivity contribution in [2.45, 2.75) is 57.2 Å². The van der Waals surface area contributed by atoms with Gasteiger partial charge in [-0.3, -0.25) is 24.8 Å². The quantitative estimate of drug-likeness (QED) is 0.784. The lowest BCUT2D eigenvalue weighted by Crippen LogP contribution is -2.52. The molecule has 0 bridgehead atoms. The molecule has 156 valence electrons. The highest BCUT2D eigenvalue weighted by atomic mass is 16.1. The Morgan fingerprint density at radius 3 is 2.67 bits per heavy atom. The van der Waals surface area contributed by atoms with Crippen LogP contribution in [-0.2, 0) is 11.3 Å². The fourth-order valence-electron chi connectivity index (χ4n) is 5.10. The van der Waals surface area contributed by atoms with Crippen LogP contribution >= 0.6 is 0 Å². The number of nitrogens with zero attached hydrogens (tertiary/aromatic N) is 2. The number of allylic oxidation sites excluding steroid dienone is 1. The zero-order valence-corrected chi connectivity index (χ0v) is 17.4. The summed E-state index contributed by atoms with van der Waals surface area (Å²) in [5.41, 5.74) is 4.82. The molecule has 1 fully saturated rings. The highest BCUT2D eigenvalue weighted by molar-refractivity contribution is 6.48. The molecule has 1 aromatic carbocycles. The summed E-state index contributed by atoms with van der Waals surface area (Å²) in [6.45, 7) is 3.93. The SMILES string of the molecule is O=C1C=C2C=C3CCN=C(C(=O)c4ccc(CN5CCCCC5)cc4)C3NC2CC1. The molecule has 1 aliphatic carbocycles. The molecule has 30 heavy (non-hydrogen) atoms. The van der Waals surface area contributed by atoms with Gasteiger partial charge in [0.25, 0.3) is 0 Å². The third-order valence-corrected chi connectivity index (χ3v) is 6.76. The van der Waals surface area contributed by atoms with Gasteiger partial charge in [0.1, 0.15) is 5.71 Å². The lowest BCUT2D eigenvalue weighted by Gasteiger charge is -2.37. The van der Waals surface area contributed by atoms with Gasteiger partial charge in [0.15, 0.2) is 5.78 Å². The number of ketones is 2. The maximum absolute atomic E-state index is 13.3. The van der Waals surface area contributed by atoms with E-state index in [1.807, 2.05) is 12.1 Å². The van der Waals surface area contributed by atoms with E-state index < -0.39 is 0 Å². The van der Waals surface area contributed by atoms with Crippen LogP contribution in [0.1, 0.15) is 54.4 Å². The average Bonchev–Trinajstić information content (AvgIpc) is 2.78. The van der Waals surface area contributed by atoms with E-state index >= 15 is 0 Å². The summed E-state index contributed by atoms with van der Waals surface area (Å²) < 4.78 is 0. The Bertz CT molecular complexity index is 936. The van der Waals surface area contributed by atoms with E-state index in [9.17, 15) is 9.59 Å². The number of likely N-dealkylation sites (tertiary alicyclic amines) is 1. The Morgan fingerprint density at radius 1 is 1.07 bits per heavy atom. The molecule has 4 aliphatic rings. The molecular weight excluding hydrogens is 374 g/mol. The van der Waals surface area contributed by atoms with Gasteiger partial charge in [0.05, 0.1) is 6.04 Å². The number of carbonyl (C=O) groups is 2. The fourth-order valence-corrected chi connectivity index (χ4v) is 5.10. The van der Waals surface area contributed by atoms with Gasteiger partial charge in [-0.25, -0.2) is 0 Å². The number of hydrogen-bond acceptors (Lipinski definition) is 5.